The molecule has 1 aromatic rings. The summed E-state index contributed by atoms with van der Waals surface area (Å²) in [5, 5.41) is 5.97. The van der Waals surface area contributed by atoms with E-state index >= 15 is 0 Å². The third kappa shape index (κ3) is 4.34. The van der Waals surface area contributed by atoms with Crippen molar-refractivity contribution in [3.63, 3.8) is 0 Å². The number of benzene rings is 1. The molecule has 0 spiro atoms. The van der Waals surface area contributed by atoms with Gasteiger partial charge in [-0.15, -0.1) is 0 Å². The lowest BCUT2D eigenvalue weighted by Gasteiger charge is -2.06. The van der Waals surface area contributed by atoms with Gasteiger partial charge in [0.05, 0.1) is 0 Å². The van der Waals surface area contributed by atoms with Gasteiger partial charge in [-0.25, -0.2) is 0 Å². The Bertz CT molecular complexity index is 319. The third-order valence-corrected chi connectivity index (χ3v) is 2.49. The molecule has 0 radical (unpaired) electrons. The molecule has 0 aliphatic heterocycles. The lowest BCUT2D eigenvalue weighted by molar-refractivity contribution is -0.121. The van der Waals surface area contributed by atoms with Crippen LogP contribution in [0, 0.1) is 0 Å². The Morgan fingerprint density at radius 2 is 1.94 bits per heavy atom. The van der Waals surface area contributed by atoms with Crippen LogP contribution in [0.3, 0.4) is 0 Å². The molecule has 0 saturated carbocycles. The fraction of sp³-hybridized carbons (Fsp3) is 0.462. The van der Waals surface area contributed by atoms with E-state index in [9.17, 15) is 4.79 Å². The number of anilines is 1. The van der Waals surface area contributed by atoms with Crippen molar-refractivity contribution in [3.8, 4) is 0 Å². The molecule has 3 heteroatoms. The van der Waals surface area contributed by atoms with Crippen LogP contribution >= 0.6 is 0 Å². The second kappa shape index (κ2) is 6.88. The van der Waals surface area contributed by atoms with Gasteiger partial charge in [-0.1, -0.05) is 25.5 Å². The predicted molar refractivity (Wildman–Crippen MR) is 67.4 cm³/mol. The fourth-order valence-electron chi connectivity index (χ4n) is 1.42. The van der Waals surface area contributed by atoms with E-state index in [0.29, 0.717) is 13.0 Å². The average molecular weight is 220 g/mol. The standard InChI is InChI=1S/C13H20N2O/c1-3-4-5-13(16)15-10-11-6-8-12(14-2)9-7-11/h6-9,14H,3-5,10H2,1-2H3,(H,15,16). The Hall–Kier alpha value is -1.51. The maximum atomic E-state index is 11.4. The lowest BCUT2D eigenvalue weighted by atomic mass is 10.2. The van der Waals surface area contributed by atoms with Gasteiger partial charge < -0.3 is 10.6 Å². The SMILES string of the molecule is CCCCC(=O)NCc1ccc(NC)cc1. The number of unbranched alkanes of at least 4 members (excludes halogenated alkanes) is 1. The highest BCUT2D eigenvalue weighted by atomic mass is 16.1. The van der Waals surface area contributed by atoms with Gasteiger partial charge in [0.1, 0.15) is 0 Å². The van der Waals surface area contributed by atoms with E-state index in [4.69, 9.17) is 0 Å². The number of carbonyl (C=O) groups excluding carboxylic acids is 1. The first-order valence-corrected chi connectivity index (χ1v) is 5.79. The van der Waals surface area contributed by atoms with Crippen LogP contribution in [-0.4, -0.2) is 13.0 Å². The summed E-state index contributed by atoms with van der Waals surface area (Å²) in [5.74, 6) is 0.138. The smallest absolute Gasteiger partial charge is 0.220 e. The number of hydrogen-bond donors (Lipinski definition) is 2. The van der Waals surface area contributed by atoms with E-state index in [1.807, 2.05) is 31.3 Å². The Balaban J connectivity index is 2.33. The molecule has 0 saturated heterocycles. The minimum absolute atomic E-state index is 0.138. The summed E-state index contributed by atoms with van der Waals surface area (Å²) in [6.45, 7) is 2.70. The van der Waals surface area contributed by atoms with Gasteiger partial charge in [0.15, 0.2) is 0 Å². The van der Waals surface area contributed by atoms with Crippen LogP contribution in [-0.2, 0) is 11.3 Å². The molecule has 16 heavy (non-hydrogen) atoms. The van der Waals surface area contributed by atoms with E-state index in [-0.39, 0.29) is 5.91 Å². The van der Waals surface area contributed by atoms with Gasteiger partial charge in [-0.3, -0.25) is 4.79 Å². The zero-order chi connectivity index (χ0) is 11.8. The van der Waals surface area contributed by atoms with Gasteiger partial charge >= 0.3 is 0 Å². The minimum atomic E-state index is 0.138. The van der Waals surface area contributed by atoms with Crippen molar-refractivity contribution in [1.82, 2.24) is 5.32 Å². The van der Waals surface area contributed by atoms with Crippen LogP contribution in [0.1, 0.15) is 31.7 Å². The highest BCUT2D eigenvalue weighted by Gasteiger charge is 2.00. The molecule has 0 aliphatic carbocycles. The van der Waals surface area contributed by atoms with E-state index < -0.39 is 0 Å². The molecule has 0 aliphatic rings. The average Bonchev–Trinajstić information content (AvgIpc) is 2.34. The molecule has 1 amide bonds. The Labute approximate surface area is 97.2 Å². The molecule has 0 aromatic heterocycles. The van der Waals surface area contributed by atoms with Crippen LogP contribution in [0.15, 0.2) is 24.3 Å². The summed E-state index contributed by atoms with van der Waals surface area (Å²) >= 11 is 0. The van der Waals surface area contributed by atoms with Gasteiger partial charge in [-0.05, 0) is 24.1 Å². The zero-order valence-corrected chi connectivity index (χ0v) is 10.0. The molecular formula is C13H20N2O. The van der Waals surface area contributed by atoms with Crippen molar-refractivity contribution < 1.29 is 4.79 Å². The first-order valence-electron chi connectivity index (χ1n) is 5.79. The summed E-state index contributed by atoms with van der Waals surface area (Å²) in [4.78, 5) is 11.4. The summed E-state index contributed by atoms with van der Waals surface area (Å²) < 4.78 is 0. The second-order valence-electron chi connectivity index (χ2n) is 3.83. The van der Waals surface area contributed by atoms with E-state index in [1.54, 1.807) is 0 Å². The summed E-state index contributed by atoms with van der Waals surface area (Å²) in [6.07, 6.45) is 2.65. The maximum Gasteiger partial charge on any atom is 0.220 e. The van der Waals surface area contributed by atoms with E-state index in [1.165, 1.54) is 0 Å². The molecule has 0 unspecified atom stereocenters. The largest absolute Gasteiger partial charge is 0.388 e. The molecule has 0 heterocycles. The monoisotopic (exact) mass is 220 g/mol. The van der Waals surface area contributed by atoms with Crippen molar-refractivity contribution in [2.45, 2.75) is 32.7 Å². The number of amides is 1. The van der Waals surface area contributed by atoms with Crippen LogP contribution < -0.4 is 10.6 Å². The van der Waals surface area contributed by atoms with Crippen LogP contribution in [0.5, 0.6) is 0 Å². The Morgan fingerprint density at radius 1 is 1.25 bits per heavy atom. The molecular weight excluding hydrogens is 200 g/mol. The molecule has 2 N–H and O–H groups in total. The molecule has 1 aromatic carbocycles. The molecule has 0 bridgehead atoms. The topological polar surface area (TPSA) is 41.1 Å². The van der Waals surface area contributed by atoms with Crippen molar-refractivity contribution >= 4 is 11.6 Å². The summed E-state index contributed by atoms with van der Waals surface area (Å²) in [5.41, 5.74) is 2.21. The van der Waals surface area contributed by atoms with E-state index in [0.717, 1.165) is 24.1 Å². The summed E-state index contributed by atoms with van der Waals surface area (Å²) in [6, 6.07) is 8.05. The highest BCUT2D eigenvalue weighted by Crippen LogP contribution is 2.08. The van der Waals surface area contributed by atoms with Crippen molar-refractivity contribution in [2.75, 3.05) is 12.4 Å². The molecule has 88 valence electrons. The summed E-state index contributed by atoms with van der Waals surface area (Å²) in [7, 11) is 1.89. The number of rotatable bonds is 6. The highest BCUT2D eigenvalue weighted by molar-refractivity contribution is 5.75. The van der Waals surface area contributed by atoms with Crippen molar-refractivity contribution in [2.24, 2.45) is 0 Å². The number of nitrogens with one attached hydrogen (secondary N) is 2. The van der Waals surface area contributed by atoms with Gasteiger partial charge in [-0.2, -0.15) is 0 Å². The van der Waals surface area contributed by atoms with Crippen LogP contribution in [0.25, 0.3) is 0 Å². The normalized spacial score (nSPS) is 9.88. The molecule has 0 fully saturated rings. The van der Waals surface area contributed by atoms with Crippen LogP contribution in [0.4, 0.5) is 5.69 Å². The van der Waals surface area contributed by atoms with E-state index in [2.05, 4.69) is 17.6 Å². The maximum absolute atomic E-state index is 11.4. The number of carbonyl (C=O) groups is 1. The first kappa shape index (κ1) is 12.6. The van der Waals surface area contributed by atoms with Crippen molar-refractivity contribution in [3.05, 3.63) is 29.8 Å². The Kier molecular flexibility index (Phi) is 5.40. The van der Waals surface area contributed by atoms with Crippen molar-refractivity contribution in [1.29, 1.82) is 0 Å². The first-order chi connectivity index (χ1) is 7.76. The molecule has 3 nitrogen and oxygen atoms in total. The minimum Gasteiger partial charge on any atom is -0.388 e. The quantitative estimate of drug-likeness (QED) is 0.773. The predicted octanol–water partition coefficient (Wildman–Crippen LogP) is 2.53. The molecule has 1 rings (SSSR count). The van der Waals surface area contributed by atoms with Gasteiger partial charge in [0.2, 0.25) is 5.91 Å². The zero-order valence-electron chi connectivity index (χ0n) is 10.0. The third-order valence-electron chi connectivity index (χ3n) is 2.49. The lowest BCUT2D eigenvalue weighted by Crippen LogP contribution is -2.22. The van der Waals surface area contributed by atoms with Crippen LogP contribution in [0.2, 0.25) is 0 Å². The fourth-order valence-corrected chi connectivity index (χ4v) is 1.42. The second-order valence-corrected chi connectivity index (χ2v) is 3.83. The Morgan fingerprint density at radius 3 is 2.50 bits per heavy atom. The molecule has 0 atom stereocenters. The number of hydrogen-bond acceptors (Lipinski definition) is 2. The van der Waals surface area contributed by atoms with Gasteiger partial charge in [0.25, 0.3) is 0 Å². The van der Waals surface area contributed by atoms with Gasteiger partial charge in [0, 0.05) is 25.7 Å².